The highest BCUT2D eigenvalue weighted by atomic mass is 79.9. The first-order valence-electron chi connectivity index (χ1n) is 6.19. The molecule has 0 bridgehead atoms. The molecule has 1 atom stereocenters. The van der Waals surface area contributed by atoms with Crippen molar-refractivity contribution in [2.24, 2.45) is 5.73 Å². The van der Waals surface area contributed by atoms with Gasteiger partial charge >= 0.3 is 5.97 Å². The van der Waals surface area contributed by atoms with Gasteiger partial charge in [0.15, 0.2) is 0 Å². The number of hydrogen-bond acceptors (Lipinski definition) is 5. The van der Waals surface area contributed by atoms with Crippen molar-refractivity contribution in [2.75, 3.05) is 7.11 Å². The van der Waals surface area contributed by atoms with Gasteiger partial charge in [-0.1, -0.05) is 11.3 Å². The molecule has 0 aliphatic rings. The maximum Gasteiger partial charge on any atom is 0.320 e. The lowest BCUT2D eigenvalue weighted by molar-refractivity contribution is -0.138. The highest BCUT2D eigenvalue weighted by Gasteiger charge is 2.14. The normalized spacial score (nSPS) is 12.1. The molecule has 2 rings (SSSR count). The molecule has 112 valence electrons. The molecule has 2 aromatic rings. The van der Waals surface area contributed by atoms with E-state index in [1.54, 1.807) is 18.0 Å². The molecule has 8 heteroatoms. The first-order chi connectivity index (χ1) is 9.99. The van der Waals surface area contributed by atoms with Crippen molar-refractivity contribution in [1.29, 1.82) is 0 Å². The number of methoxy groups -OCH3 is 1. The zero-order valence-electron chi connectivity index (χ0n) is 11.4. The van der Waals surface area contributed by atoms with Gasteiger partial charge in [0.2, 0.25) is 0 Å². The fourth-order valence-corrected chi connectivity index (χ4v) is 2.41. The lowest BCUT2D eigenvalue weighted by Crippen LogP contribution is -2.32. The molecule has 0 amide bonds. The lowest BCUT2D eigenvalue weighted by atomic mass is 10.2. The highest BCUT2D eigenvalue weighted by molar-refractivity contribution is 9.10. The van der Waals surface area contributed by atoms with Gasteiger partial charge in [-0.2, -0.15) is 0 Å². The smallest absolute Gasteiger partial charge is 0.320 e. The Kier molecular flexibility index (Phi) is 4.92. The van der Waals surface area contributed by atoms with Crippen LogP contribution in [0.3, 0.4) is 0 Å². The van der Waals surface area contributed by atoms with E-state index in [0.717, 1.165) is 15.8 Å². The number of carbonyl (C=O) groups is 1. The number of aromatic nitrogens is 3. The number of ether oxygens (including phenoxy) is 1. The molecule has 0 aliphatic heterocycles. The summed E-state index contributed by atoms with van der Waals surface area (Å²) in [6.07, 6.45) is 1.85. The van der Waals surface area contributed by atoms with Gasteiger partial charge in [0, 0.05) is 12.6 Å². The Morgan fingerprint density at radius 1 is 1.57 bits per heavy atom. The van der Waals surface area contributed by atoms with Crippen molar-refractivity contribution in [3.05, 3.63) is 40.1 Å². The second-order valence-corrected chi connectivity index (χ2v) is 5.38. The van der Waals surface area contributed by atoms with E-state index in [-0.39, 0.29) is 6.42 Å². The van der Waals surface area contributed by atoms with Gasteiger partial charge in [0.05, 0.1) is 23.8 Å². The standard InChI is InChI=1S/C13H15BrN4O3/c1-21-12-3-2-8(4-10(12)14)6-18-7-9(16-17-18)5-11(15)13(19)20/h2-4,7,11H,5-6,15H2,1H3,(H,19,20). The number of carboxylic acids is 1. The monoisotopic (exact) mass is 354 g/mol. The average molecular weight is 355 g/mol. The van der Waals surface area contributed by atoms with E-state index in [0.29, 0.717) is 12.2 Å². The van der Waals surface area contributed by atoms with Gasteiger partial charge in [-0.25, -0.2) is 4.68 Å². The molecule has 1 aromatic heterocycles. The number of carboxylic acid groups (broad SMARTS) is 1. The molecule has 1 aromatic carbocycles. The summed E-state index contributed by atoms with van der Waals surface area (Å²) < 4.78 is 7.66. The van der Waals surface area contributed by atoms with Crippen LogP contribution in [0.2, 0.25) is 0 Å². The Morgan fingerprint density at radius 2 is 2.33 bits per heavy atom. The van der Waals surface area contributed by atoms with Crippen LogP contribution in [0.25, 0.3) is 0 Å². The number of nitrogens with zero attached hydrogens (tertiary/aromatic N) is 3. The predicted octanol–water partition coefficient (Wildman–Crippen LogP) is 1.05. The largest absolute Gasteiger partial charge is 0.496 e. The van der Waals surface area contributed by atoms with Gasteiger partial charge < -0.3 is 15.6 Å². The molecular weight excluding hydrogens is 340 g/mol. The van der Waals surface area contributed by atoms with Crippen LogP contribution >= 0.6 is 15.9 Å². The first kappa shape index (κ1) is 15.5. The average Bonchev–Trinajstić information content (AvgIpc) is 2.86. The van der Waals surface area contributed by atoms with Crippen LogP contribution in [0.1, 0.15) is 11.3 Å². The van der Waals surface area contributed by atoms with E-state index < -0.39 is 12.0 Å². The fraction of sp³-hybridized carbons (Fsp3) is 0.308. The maximum absolute atomic E-state index is 10.7. The molecule has 0 fully saturated rings. The van der Waals surface area contributed by atoms with Gasteiger partial charge in [0.1, 0.15) is 11.8 Å². The van der Waals surface area contributed by atoms with E-state index >= 15 is 0 Å². The summed E-state index contributed by atoms with van der Waals surface area (Å²) in [4.78, 5) is 10.7. The van der Waals surface area contributed by atoms with Crippen LogP contribution in [0.5, 0.6) is 5.75 Å². The van der Waals surface area contributed by atoms with Crippen molar-refractivity contribution < 1.29 is 14.6 Å². The van der Waals surface area contributed by atoms with Crippen LogP contribution in [-0.4, -0.2) is 39.2 Å². The van der Waals surface area contributed by atoms with Gasteiger partial charge in [-0.15, -0.1) is 5.10 Å². The van der Waals surface area contributed by atoms with E-state index in [2.05, 4.69) is 26.2 Å². The van der Waals surface area contributed by atoms with E-state index in [1.165, 1.54) is 0 Å². The molecule has 0 saturated carbocycles. The summed E-state index contributed by atoms with van der Waals surface area (Å²) in [5.74, 6) is -0.297. The van der Waals surface area contributed by atoms with Crippen LogP contribution in [0, 0.1) is 0 Å². The third-order valence-electron chi connectivity index (χ3n) is 2.89. The summed E-state index contributed by atoms with van der Waals surface area (Å²) in [6, 6.07) is 4.75. The Balaban J connectivity index is 2.05. The zero-order chi connectivity index (χ0) is 15.4. The van der Waals surface area contributed by atoms with Crippen molar-refractivity contribution in [1.82, 2.24) is 15.0 Å². The molecular formula is C13H15BrN4O3. The van der Waals surface area contributed by atoms with E-state index in [1.807, 2.05) is 18.2 Å². The van der Waals surface area contributed by atoms with Crippen LogP contribution in [-0.2, 0) is 17.8 Å². The Hall–Kier alpha value is -1.93. The summed E-state index contributed by atoms with van der Waals surface area (Å²) >= 11 is 3.42. The molecule has 0 aliphatic carbocycles. The Bertz CT molecular complexity index is 644. The second kappa shape index (κ2) is 6.68. The SMILES string of the molecule is COc1ccc(Cn2cc(CC(N)C(=O)O)nn2)cc1Br. The van der Waals surface area contributed by atoms with Crippen molar-refractivity contribution in [3.8, 4) is 5.75 Å². The number of halogens is 1. The topological polar surface area (TPSA) is 103 Å². The van der Waals surface area contributed by atoms with Gasteiger partial charge in [0.25, 0.3) is 0 Å². The minimum Gasteiger partial charge on any atom is -0.496 e. The Morgan fingerprint density at radius 3 is 2.95 bits per heavy atom. The number of aliphatic carboxylic acids is 1. The molecule has 1 unspecified atom stereocenters. The number of rotatable bonds is 6. The third kappa shape index (κ3) is 4.02. The van der Waals surface area contributed by atoms with Gasteiger partial charge in [-0.3, -0.25) is 4.79 Å². The number of benzene rings is 1. The second-order valence-electron chi connectivity index (χ2n) is 4.53. The van der Waals surface area contributed by atoms with Crippen molar-refractivity contribution >= 4 is 21.9 Å². The predicted molar refractivity (Wildman–Crippen MR) is 79.1 cm³/mol. The van der Waals surface area contributed by atoms with Crippen molar-refractivity contribution in [2.45, 2.75) is 19.0 Å². The molecule has 21 heavy (non-hydrogen) atoms. The molecule has 1 heterocycles. The molecule has 3 N–H and O–H groups in total. The summed E-state index contributed by atoms with van der Waals surface area (Å²) in [6.45, 7) is 0.526. The molecule has 0 radical (unpaired) electrons. The number of nitrogens with two attached hydrogens (primary N) is 1. The Labute approximate surface area is 129 Å². The third-order valence-corrected chi connectivity index (χ3v) is 3.51. The molecule has 0 saturated heterocycles. The first-order valence-corrected chi connectivity index (χ1v) is 6.98. The highest BCUT2D eigenvalue weighted by Crippen LogP contribution is 2.25. The van der Waals surface area contributed by atoms with E-state index in [9.17, 15) is 4.79 Å². The molecule has 0 spiro atoms. The number of hydrogen-bond donors (Lipinski definition) is 2. The van der Waals surface area contributed by atoms with Crippen LogP contribution < -0.4 is 10.5 Å². The maximum atomic E-state index is 10.7. The quantitative estimate of drug-likeness (QED) is 0.803. The minimum atomic E-state index is -1.05. The van der Waals surface area contributed by atoms with Crippen LogP contribution in [0.15, 0.2) is 28.9 Å². The van der Waals surface area contributed by atoms with Gasteiger partial charge in [-0.05, 0) is 33.6 Å². The lowest BCUT2D eigenvalue weighted by Gasteiger charge is -2.06. The molecule has 7 nitrogen and oxygen atoms in total. The summed E-state index contributed by atoms with van der Waals surface area (Å²) in [5.41, 5.74) is 7.03. The van der Waals surface area contributed by atoms with E-state index in [4.69, 9.17) is 15.6 Å². The minimum absolute atomic E-state index is 0.154. The fourth-order valence-electron chi connectivity index (χ4n) is 1.82. The van der Waals surface area contributed by atoms with Crippen LogP contribution in [0.4, 0.5) is 0 Å². The van der Waals surface area contributed by atoms with Crippen molar-refractivity contribution in [3.63, 3.8) is 0 Å². The summed E-state index contributed by atoms with van der Waals surface area (Å²) in [5, 5.41) is 16.7. The summed E-state index contributed by atoms with van der Waals surface area (Å²) in [7, 11) is 1.61. The zero-order valence-corrected chi connectivity index (χ0v) is 12.9.